The van der Waals surface area contributed by atoms with Crippen molar-refractivity contribution in [2.24, 2.45) is 5.92 Å². The standard InChI is InChI=1S/C13H25N3O2/c1-9(2)5-6-10(3)15-13(18)16-8-7-14-12(17)11(16)4/h9-11H,5-8H2,1-4H3,(H,14,17)(H,15,18). The van der Waals surface area contributed by atoms with Crippen molar-refractivity contribution < 1.29 is 9.59 Å². The normalized spacial score (nSPS) is 21.7. The van der Waals surface area contributed by atoms with Crippen molar-refractivity contribution in [3.8, 4) is 0 Å². The Hall–Kier alpha value is -1.26. The van der Waals surface area contributed by atoms with E-state index in [0.29, 0.717) is 19.0 Å². The molecule has 5 heteroatoms. The second kappa shape index (κ2) is 6.61. The summed E-state index contributed by atoms with van der Waals surface area (Å²) in [6.45, 7) is 9.23. The summed E-state index contributed by atoms with van der Waals surface area (Å²) in [6, 6.07) is -0.359. The summed E-state index contributed by atoms with van der Waals surface area (Å²) in [7, 11) is 0. The molecule has 18 heavy (non-hydrogen) atoms. The van der Waals surface area contributed by atoms with E-state index in [1.54, 1.807) is 11.8 Å². The van der Waals surface area contributed by atoms with Crippen LogP contribution in [0.25, 0.3) is 0 Å². The maximum absolute atomic E-state index is 12.0. The van der Waals surface area contributed by atoms with Gasteiger partial charge >= 0.3 is 6.03 Å². The predicted octanol–water partition coefficient (Wildman–Crippen LogP) is 1.34. The van der Waals surface area contributed by atoms with E-state index in [1.807, 2.05) is 6.92 Å². The molecule has 104 valence electrons. The van der Waals surface area contributed by atoms with Crippen molar-refractivity contribution in [1.82, 2.24) is 15.5 Å². The minimum atomic E-state index is -0.379. The summed E-state index contributed by atoms with van der Waals surface area (Å²) in [5.74, 6) is 0.565. The van der Waals surface area contributed by atoms with E-state index >= 15 is 0 Å². The second-order valence-corrected chi connectivity index (χ2v) is 5.48. The SMILES string of the molecule is CC(C)CCC(C)NC(=O)N1CCNC(=O)C1C. The number of nitrogens with one attached hydrogen (secondary N) is 2. The van der Waals surface area contributed by atoms with Gasteiger partial charge < -0.3 is 15.5 Å². The molecule has 0 aromatic rings. The van der Waals surface area contributed by atoms with E-state index in [0.717, 1.165) is 12.8 Å². The van der Waals surface area contributed by atoms with Crippen molar-refractivity contribution in [2.75, 3.05) is 13.1 Å². The van der Waals surface area contributed by atoms with Crippen LogP contribution in [-0.4, -0.2) is 42.0 Å². The third-order valence-electron chi connectivity index (χ3n) is 3.31. The molecule has 0 radical (unpaired) electrons. The Morgan fingerprint density at radius 3 is 2.72 bits per heavy atom. The topological polar surface area (TPSA) is 61.4 Å². The van der Waals surface area contributed by atoms with Crippen LogP contribution in [0.1, 0.15) is 40.5 Å². The van der Waals surface area contributed by atoms with Gasteiger partial charge in [0.25, 0.3) is 0 Å². The zero-order chi connectivity index (χ0) is 13.7. The lowest BCUT2D eigenvalue weighted by molar-refractivity contribution is -0.126. The zero-order valence-electron chi connectivity index (χ0n) is 11.8. The fourth-order valence-electron chi connectivity index (χ4n) is 2.01. The van der Waals surface area contributed by atoms with Gasteiger partial charge in [0.2, 0.25) is 5.91 Å². The minimum absolute atomic E-state index is 0.0776. The van der Waals surface area contributed by atoms with Gasteiger partial charge in [-0.15, -0.1) is 0 Å². The average Bonchev–Trinajstić information content (AvgIpc) is 2.30. The highest BCUT2D eigenvalue weighted by atomic mass is 16.2. The van der Waals surface area contributed by atoms with Crippen LogP contribution < -0.4 is 10.6 Å². The molecule has 2 unspecified atom stereocenters. The maximum Gasteiger partial charge on any atom is 0.318 e. The zero-order valence-corrected chi connectivity index (χ0v) is 11.8. The largest absolute Gasteiger partial charge is 0.353 e. The number of amides is 3. The first-order valence-electron chi connectivity index (χ1n) is 6.76. The van der Waals surface area contributed by atoms with Crippen LogP contribution in [-0.2, 0) is 4.79 Å². The van der Waals surface area contributed by atoms with Gasteiger partial charge in [-0.3, -0.25) is 4.79 Å². The number of hydrogen-bond acceptors (Lipinski definition) is 2. The quantitative estimate of drug-likeness (QED) is 0.796. The van der Waals surface area contributed by atoms with Gasteiger partial charge in [0.1, 0.15) is 6.04 Å². The van der Waals surface area contributed by atoms with Crippen molar-refractivity contribution in [1.29, 1.82) is 0 Å². The molecule has 0 aliphatic carbocycles. The van der Waals surface area contributed by atoms with E-state index in [9.17, 15) is 9.59 Å². The fraction of sp³-hybridized carbons (Fsp3) is 0.846. The van der Waals surface area contributed by atoms with Crippen LogP contribution in [0.4, 0.5) is 4.79 Å². The Balaban J connectivity index is 2.41. The molecule has 1 fully saturated rings. The molecular formula is C13H25N3O2. The van der Waals surface area contributed by atoms with E-state index in [2.05, 4.69) is 24.5 Å². The fourth-order valence-corrected chi connectivity index (χ4v) is 2.01. The first kappa shape index (κ1) is 14.8. The molecule has 1 aliphatic rings. The average molecular weight is 255 g/mol. The summed E-state index contributed by atoms with van der Waals surface area (Å²) in [6.07, 6.45) is 2.06. The van der Waals surface area contributed by atoms with Gasteiger partial charge in [0.15, 0.2) is 0 Å². The van der Waals surface area contributed by atoms with E-state index < -0.39 is 0 Å². The summed E-state index contributed by atoms with van der Waals surface area (Å²) in [4.78, 5) is 25.1. The molecule has 1 heterocycles. The van der Waals surface area contributed by atoms with Crippen molar-refractivity contribution in [2.45, 2.75) is 52.6 Å². The van der Waals surface area contributed by atoms with E-state index in [-0.39, 0.29) is 24.0 Å². The van der Waals surface area contributed by atoms with Gasteiger partial charge in [0.05, 0.1) is 0 Å². The van der Waals surface area contributed by atoms with Crippen LogP contribution in [0.2, 0.25) is 0 Å². The third kappa shape index (κ3) is 4.20. The molecule has 2 atom stereocenters. The van der Waals surface area contributed by atoms with E-state index in [1.165, 1.54) is 0 Å². The monoisotopic (exact) mass is 255 g/mol. The highest BCUT2D eigenvalue weighted by Crippen LogP contribution is 2.08. The molecule has 0 spiro atoms. The third-order valence-corrected chi connectivity index (χ3v) is 3.31. The Kier molecular flexibility index (Phi) is 5.44. The summed E-state index contributed by atoms with van der Waals surface area (Å²) in [5.41, 5.74) is 0. The Morgan fingerprint density at radius 1 is 1.44 bits per heavy atom. The number of carbonyl (C=O) groups excluding carboxylic acids is 2. The highest BCUT2D eigenvalue weighted by Gasteiger charge is 2.29. The minimum Gasteiger partial charge on any atom is -0.353 e. The lowest BCUT2D eigenvalue weighted by atomic mass is 10.0. The van der Waals surface area contributed by atoms with Crippen molar-refractivity contribution in [3.05, 3.63) is 0 Å². The molecule has 1 rings (SSSR count). The molecule has 1 aliphatic heterocycles. The van der Waals surface area contributed by atoms with Gasteiger partial charge in [-0.25, -0.2) is 4.79 Å². The number of rotatable bonds is 4. The van der Waals surface area contributed by atoms with Crippen LogP contribution >= 0.6 is 0 Å². The van der Waals surface area contributed by atoms with Crippen LogP contribution in [0, 0.1) is 5.92 Å². The molecule has 0 bridgehead atoms. The molecule has 0 saturated carbocycles. The molecule has 2 N–H and O–H groups in total. The van der Waals surface area contributed by atoms with E-state index in [4.69, 9.17) is 0 Å². The predicted molar refractivity (Wildman–Crippen MR) is 71.2 cm³/mol. The molecule has 0 aromatic heterocycles. The molecular weight excluding hydrogens is 230 g/mol. The molecule has 1 saturated heterocycles. The number of piperazine rings is 1. The Bertz CT molecular complexity index is 305. The van der Waals surface area contributed by atoms with Crippen LogP contribution in [0.15, 0.2) is 0 Å². The summed E-state index contributed by atoms with van der Waals surface area (Å²) < 4.78 is 0. The van der Waals surface area contributed by atoms with Crippen molar-refractivity contribution in [3.63, 3.8) is 0 Å². The Morgan fingerprint density at radius 2 is 2.11 bits per heavy atom. The van der Waals surface area contributed by atoms with Gasteiger partial charge in [-0.1, -0.05) is 13.8 Å². The molecule has 5 nitrogen and oxygen atoms in total. The number of urea groups is 1. The summed E-state index contributed by atoms with van der Waals surface area (Å²) in [5, 5.41) is 5.71. The second-order valence-electron chi connectivity index (χ2n) is 5.48. The molecule has 3 amide bonds. The maximum atomic E-state index is 12.0. The van der Waals surface area contributed by atoms with Gasteiger partial charge in [0, 0.05) is 19.1 Å². The first-order chi connectivity index (χ1) is 8.41. The van der Waals surface area contributed by atoms with Gasteiger partial charge in [-0.05, 0) is 32.6 Å². The van der Waals surface area contributed by atoms with Crippen LogP contribution in [0.5, 0.6) is 0 Å². The Labute approximate surface area is 109 Å². The smallest absolute Gasteiger partial charge is 0.318 e. The number of hydrogen-bond donors (Lipinski definition) is 2. The molecule has 0 aromatic carbocycles. The number of nitrogens with zero attached hydrogens (tertiary/aromatic N) is 1. The van der Waals surface area contributed by atoms with Crippen LogP contribution in [0.3, 0.4) is 0 Å². The summed E-state index contributed by atoms with van der Waals surface area (Å²) >= 11 is 0. The lowest BCUT2D eigenvalue weighted by Gasteiger charge is -2.33. The first-order valence-corrected chi connectivity index (χ1v) is 6.76. The number of carbonyl (C=O) groups is 2. The lowest BCUT2D eigenvalue weighted by Crippen LogP contribution is -2.59. The van der Waals surface area contributed by atoms with Crippen molar-refractivity contribution >= 4 is 11.9 Å². The van der Waals surface area contributed by atoms with Gasteiger partial charge in [-0.2, -0.15) is 0 Å². The highest BCUT2D eigenvalue weighted by molar-refractivity contribution is 5.87.